The van der Waals surface area contributed by atoms with Crippen LogP contribution in [0.1, 0.15) is 88.3 Å². The van der Waals surface area contributed by atoms with E-state index in [2.05, 4.69) is 31.0 Å². The Morgan fingerprint density at radius 3 is 2.78 bits per heavy atom. The predicted octanol–water partition coefficient (Wildman–Crippen LogP) is 3.09. The van der Waals surface area contributed by atoms with Gasteiger partial charge in [-0.25, -0.2) is 4.39 Å². The Hall–Kier alpha value is -3.89. The molecule has 6 rings (SSSR count). The monoisotopic (exact) mass is 491 g/mol. The van der Waals surface area contributed by atoms with E-state index in [0.717, 1.165) is 18.5 Å². The van der Waals surface area contributed by atoms with Crippen molar-refractivity contribution in [2.24, 2.45) is 5.92 Å². The number of carbonyl (C=O) groups is 3. The molecular formula is C25H26FN7O3. The molecule has 4 heterocycles. The van der Waals surface area contributed by atoms with Gasteiger partial charge >= 0.3 is 0 Å². The molecule has 0 aromatic carbocycles. The van der Waals surface area contributed by atoms with Gasteiger partial charge in [0.2, 0.25) is 0 Å². The molecule has 11 heteroatoms. The van der Waals surface area contributed by atoms with Crippen molar-refractivity contribution in [2.75, 3.05) is 5.32 Å². The van der Waals surface area contributed by atoms with Crippen molar-refractivity contribution < 1.29 is 18.8 Å². The molecule has 1 unspecified atom stereocenters. The van der Waals surface area contributed by atoms with Crippen molar-refractivity contribution in [3.05, 3.63) is 58.4 Å². The lowest BCUT2D eigenvalue weighted by Gasteiger charge is -2.40. The quantitative estimate of drug-likeness (QED) is 0.343. The molecule has 3 atom stereocenters. The van der Waals surface area contributed by atoms with Gasteiger partial charge in [-0.05, 0) is 69.6 Å². The van der Waals surface area contributed by atoms with Crippen LogP contribution >= 0.6 is 0 Å². The zero-order valence-corrected chi connectivity index (χ0v) is 20.0. The summed E-state index contributed by atoms with van der Waals surface area (Å²) in [6.45, 7) is 3.08. The van der Waals surface area contributed by atoms with Gasteiger partial charge in [-0.3, -0.25) is 24.5 Å². The first-order valence-corrected chi connectivity index (χ1v) is 12.2. The minimum absolute atomic E-state index is 0.149. The Balaban J connectivity index is 1.30. The lowest BCUT2D eigenvalue weighted by molar-refractivity contribution is -0.120. The second kappa shape index (κ2) is 8.07. The van der Waals surface area contributed by atoms with Crippen molar-refractivity contribution in [1.29, 1.82) is 0 Å². The molecule has 3 aliphatic rings. The first-order valence-electron chi connectivity index (χ1n) is 12.2. The summed E-state index contributed by atoms with van der Waals surface area (Å²) in [5.74, 6) is -1.39. The summed E-state index contributed by atoms with van der Waals surface area (Å²) in [6.07, 6.45) is 5.66. The van der Waals surface area contributed by atoms with Gasteiger partial charge in [0.1, 0.15) is 17.6 Å². The van der Waals surface area contributed by atoms with Crippen LogP contribution in [0.25, 0.3) is 0 Å². The number of aromatic nitrogens is 5. The van der Waals surface area contributed by atoms with E-state index in [9.17, 15) is 18.8 Å². The van der Waals surface area contributed by atoms with Gasteiger partial charge in [0.25, 0.3) is 17.6 Å². The third-order valence-electron chi connectivity index (χ3n) is 7.78. The van der Waals surface area contributed by atoms with E-state index in [1.54, 1.807) is 19.2 Å². The normalized spacial score (nSPS) is 21.6. The van der Waals surface area contributed by atoms with Crippen LogP contribution in [-0.4, -0.2) is 42.6 Å². The van der Waals surface area contributed by atoms with Gasteiger partial charge in [-0.1, -0.05) is 5.21 Å². The Bertz CT molecular complexity index is 1390. The average molecular weight is 492 g/mol. The van der Waals surface area contributed by atoms with Gasteiger partial charge in [0.15, 0.2) is 0 Å². The number of halogens is 1. The largest absolute Gasteiger partial charge is 0.338 e. The minimum Gasteiger partial charge on any atom is -0.338 e. The maximum Gasteiger partial charge on any atom is 0.293 e. The molecular weight excluding hydrogens is 465 g/mol. The second-order valence-electron chi connectivity index (χ2n) is 10.0. The van der Waals surface area contributed by atoms with Gasteiger partial charge in [0.05, 0.1) is 16.8 Å². The van der Waals surface area contributed by atoms with Crippen LogP contribution in [0.3, 0.4) is 0 Å². The van der Waals surface area contributed by atoms with Crippen LogP contribution in [0.15, 0.2) is 24.5 Å². The third kappa shape index (κ3) is 3.44. The number of hydrogen-bond donors (Lipinski definition) is 3. The van der Waals surface area contributed by atoms with Gasteiger partial charge in [0, 0.05) is 29.8 Å². The number of ketones is 1. The van der Waals surface area contributed by atoms with Crippen LogP contribution in [0, 0.1) is 12.8 Å². The zero-order chi connectivity index (χ0) is 25.2. The van der Waals surface area contributed by atoms with Gasteiger partial charge in [-0.15, -0.1) is 5.10 Å². The number of carbonyl (C=O) groups excluding carboxylic acids is 3. The number of nitrogens with one attached hydrogen (secondary N) is 3. The van der Waals surface area contributed by atoms with Crippen molar-refractivity contribution in [3.63, 3.8) is 0 Å². The highest BCUT2D eigenvalue weighted by atomic mass is 19.1. The summed E-state index contributed by atoms with van der Waals surface area (Å²) in [7, 11) is 0. The van der Waals surface area contributed by atoms with Gasteiger partial charge < -0.3 is 15.2 Å². The van der Waals surface area contributed by atoms with Crippen LogP contribution in [-0.2, 0) is 16.8 Å². The number of nitrogens with zero attached hydrogens (tertiary/aromatic N) is 4. The molecule has 0 radical (unpaired) electrons. The number of anilines is 1. The molecule has 10 nitrogen and oxygen atoms in total. The van der Waals surface area contributed by atoms with E-state index in [-0.39, 0.29) is 11.7 Å². The first kappa shape index (κ1) is 22.6. The van der Waals surface area contributed by atoms with Crippen LogP contribution in [0.2, 0.25) is 0 Å². The fraction of sp³-hybridized carbons (Fsp3) is 0.440. The summed E-state index contributed by atoms with van der Waals surface area (Å²) < 4.78 is 15.6. The summed E-state index contributed by atoms with van der Waals surface area (Å²) in [6, 6.07) is 3.23. The molecule has 0 bridgehead atoms. The van der Waals surface area contributed by atoms with Crippen molar-refractivity contribution in [3.8, 4) is 0 Å². The van der Waals surface area contributed by atoms with Crippen molar-refractivity contribution in [2.45, 2.75) is 63.7 Å². The van der Waals surface area contributed by atoms with Crippen LogP contribution < -0.4 is 10.6 Å². The zero-order valence-electron chi connectivity index (χ0n) is 20.0. The Morgan fingerprint density at radius 1 is 1.31 bits per heavy atom. The standard InChI is InChI=1S/C25H26FN7O3/c1-12-20(22(34)24(36)30-25(5-3-6-25)19-11-28-32-31-19)18-9-14-8-17(14)33(18)21(12)23(35)29-15-4-7-27-16(10-15)13(2)26/h4,7,10-11,13-14,17H,3,5-6,8-9H2,1-2H3,(H,30,36)(H,27,29,35)(H,28,31,32)/t13?,14-,17-/m1/s1. The molecule has 2 aliphatic carbocycles. The predicted molar refractivity (Wildman–Crippen MR) is 126 cm³/mol. The first-order chi connectivity index (χ1) is 17.3. The molecule has 0 spiro atoms. The van der Waals surface area contributed by atoms with Crippen LogP contribution in [0.4, 0.5) is 10.1 Å². The number of Topliss-reactive ketones (excluding diaryl/α,β-unsaturated/α-hetero) is 1. The highest BCUT2D eigenvalue weighted by molar-refractivity contribution is 6.44. The van der Waals surface area contributed by atoms with Crippen LogP contribution in [0.5, 0.6) is 0 Å². The number of aromatic amines is 1. The second-order valence-corrected chi connectivity index (χ2v) is 10.0. The number of pyridine rings is 1. The summed E-state index contributed by atoms with van der Waals surface area (Å²) in [5.41, 5.74) is 2.41. The summed E-state index contributed by atoms with van der Waals surface area (Å²) in [4.78, 5) is 44.1. The summed E-state index contributed by atoms with van der Waals surface area (Å²) in [5, 5.41) is 16.2. The minimum atomic E-state index is -1.27. The summed E-state index contributed by atoms with van der Waals surface area (Å²) >= 11 is 0. The van der Waals surface area contributed by atoms with E-state index in [1.807, 2.05) is 4.57 Å². The van der Waals surface area contributed by atoms with E-state index in [1.165, 1.54) is 19.2 Å². The maximum atomic E-state index is 13.7. The van der Waals surface area contributed by atoms with E-state index in [4.69, 9.17) is 0 Å². The van der Waals surface area contributed by atoms with E-state index >= 15 is 0 Å². The number of fused-ring (bicyclic) bond motifs is 3. The maximum absolute atomic E-state index is 13.7. The molecule has 2 saturated carbocycles. The fourth-order valence-electron chi connectivity index (χ4n) is 5.67. The average Bonchev–Trinajstić information content (AvgIpc) is 3.13. The third-order valence-corrected chi connectivity index (χ3v) is 7.78. The molecule has 36 heavy (non-hydrogen) atoms. The Kier molecular flexibility index (Phi) is 5.06. The lowest BCUT2D eigenvalue weighted by Crippen LogP contribution is -2.53. The molecule has 0 saturated heterocycles. The number of H-pyrrole nitrogens is 1. The number of alkyl halides is 1. The van der Waals surface area contributed by atoms with Gasteiger partial charge in [-0.2, -0.15) is 0 Å². The number of hydrogen-bond acceptors (Lipinski definition) is 6. The molecule has 2 amide bonds. The van der Waals surface area contributed by atoms with Crippen molar-refractivity contribution in [1.82, 2.24) is 30.3 Å². The topological polar surface area (TPSA) is 135 Å². The Labute approximate surface area is 206 Å². The van der Waals surface area contributed by atoms with E-state index < -0.39 is 29.3 Å². The number of rotatable bonds is 7. The molecule has 1 aliphatic heterocycles. The highest BCUT2D eigenvalue weighted by Gasteiger charge is 2.51. The highest BCUT2D eigenvalue weighted by Crippen LogP contribution is 2.54. The molecule has 3 aromatic rings. The molecule has 186 valence electrons. The molecule has 3 aromatic heterocycles. The van der Waals surface area contributed by atoms with E-state index in [0.29, 0.717) is 53.4 Å². The Morgan fingerprint density at radius 2 is 2.11 bits per heavy atom. The SMILES string of the molecule is Cc1c(C(=O)C(=O)NC2(c3c[nH]nn3)CCC2)c2n(c1C(=O)Nc1ccnc(C(C)F)c1)[C@@H]1C[C@@H]1C2. The molecule has 2 fully saturated rings. The van der Waals surface area contributed by atoms with Crippen molar-refractivity contribution >= 4 is 23.3 Å². The smallest absolute Gasteiger partial charge is 0.293 e. The fourth-order valence-corrected chi connectivity index (χ4v) is 5.67. The molecule has 3 N–H and O–H groups in total. The lowest BCUT2D eigenvalue weighted by atomic mass is 9.74. The number of amides is 2.